The molecule has 0 fully saturated rings. The molecule has 5 rings (SSSR count). The zero-order valence-electron chi connectivity index (χ0n) is 24.9. The third-order valence-electron chi connectivity index (χ3n) is 7.14. The van der Waals surface area contributed by atoms with Crippen LogP contribution in [0.2, 0.25) is 0 Å². The number of azo groups is 2. The molecule has 0 radical (unpaired) electrons. The summed E-state index contributed by atoms with van der Waals surface area (Å²) in [5.74, 6) is 1.68. The molecule has 5 aromatic carbocycles. The minimum atomic E-state index is 0.484. The molecule has 6 nitrogen and oxygen atoms in total. The standard InChI is InChI=1S/C37H38N4O2/c1-3-4-5-6-9-26-42-32-20-14-29(15-21-32)27-43-33-22-18-31(19-23-33)39-41-37-25-24-36(34-10-7-8-11-35(34)37)40-38-30-16-12-28(2)13-17-30/h7-8,10-25H,3-6,9,26-27H2,1-2H3. The van der Waals surface area contributed by atoms with Gasteiger partial charge in [0, 0.05) is 10.8 Å². The molecule has 5 aromatic rings. The average Bonchev–Trinajstić information content (AvgIpc) is 3.05. The molecule has 0 aromatic heterocycles. The second-order valence-electron chi connectivity index (χ2n) is 10.6. The van der Waals surface area contributed by atoms with E-state index in [9.17, 15) is 0 Å². The summed E-state index contributed by atoms with van der Waals surface area (Å²) < 4.78 is 11.8. The molecule has 0 heterocycles. The predicted molar refractivity (Wildman–Crippen MR) is 175 cm³/mol. The summed E-state index contributed by atoms with van der Waals surface area (Å²) in [5, 5.41) is 19.9. The van der Waals surface area contributed by atoms with Crippen molar-refractivity contribution in [3.05, 3.63) is 120 Å². The van der Waals surface area contributed by atoms with Crippen molar-refractivity contribution in [2.75, 3.05) is 6.61 Å². The monoisotopic (exact) mass is 570 g/mol. The number of aryl methyl sites for hydroxylation is 1. The van der Waals surface area contributed by atoms with Crippen molar-refractivity contribution in [2.45, 2.75) is 52.6 Å². The summed E-state index contributed by atoms with van der Waals surface area (Å²) in [6.07, 6.45) is 6.18. The van der Waals surface area contributed by atoms with E-state index in [-0.39, 0.29) is 0 Å². The average molecular weight is 571 g/mol. The van der Waals surface area contributed by atoms with Gasteiger partial charge >= 0.3 is 0 Å². The van der Waals surface area contributed by atoms with Crippen LogP contribution in [-0.4, -0.2) is 6.61 Å². The molecule has 0 bridgehead atoms. The van der Waals surface area contributed by atoms with Crippen LogP contribution < -0.4 is 9.47 Å². The third kappa shape index (κ3) is 8.82. The SMILES string of the molecule is CCCCCCCOc1ccc(COc2ccc(N=Nc3ccc(N=Nc4ccc(C)cc4)c4ccccc34)cc2)cc1. The van der Waals surface area contributed by atoms with Crippen LogP contribution in [0.4, 0.5) is 22.7 Å². The third-order valence-corrected chi connectivity index (χ3v) is 7.14. The van der Waals surface area contributed by atoms with E-state index >= 15 is 0 Å². The molecule has 0 unspecified atom stereocenters. The number of rotatable bonds is 14. The summed E-state index contributed by atoms with van der Waals surface area (Å²) in [6, 6.07) is 35.6. The molecule has 43 heavy (non-hydrogen) atoms. The number of unbranched alkanes of at least 4 members (excludes halogenated alkanes) is 4. The zero-order chi connectivity index (χ0) is 29.7. The fraction of sp³-hybridized carbons (Fsp3) is 0.243. The Balaban J connectivity index is 1.16. The highest BCUT2D eigenvalue weighted by Crippen LogP contribution is 2.35. The van der Waals surface area contributed by atoms with Gasteiger partial charge in [-0.25, -0.2) is 0 Å². The van der Waals surface area contributed by atoms with Crippen molar-refractivity contribution in [1.82, 2.24) is 0 Å². The second kappa shape index (κ2) is 15.4. The molecular weight excluding hydrogens is 532 g/mol. The van der Waals surface area contributed by atoms with Crippen molar-refractivity contribution in [2.24, 2.45) is 20.5 Å². The minimum Gasteiger partial charge on any atom is -0.494 e. The molecule has 0 spiro atoms. The Morgan fingerprint density at radius 3 is 1.65 bits per heavy atom. The van der Waals surface area contributed by atoms with Gasteiger partial charge in [-0.3, -0.25) is 0 Å². The van der Waals surface area contributed by atoms with Gasteiger partial charge in [0.15, 0.2) is 0 Å². The summed E-state index contributed by atoms with van der Waals surface area (Å²) in [4.78, 5) is 0. The Morgan fingerprint density at radius 1 is 0.512 bits per heavy atom. The van der Waals surface area contributed by atoms with Crippen LogP contribution in [0.25, 0.3) is 10.8 Å². The van der Waals surface area contributed by atoms with Crippen LogP contribution in [-0.2, 0) is 6.61 Å². The lowest BCUT2D eigenvalue weighted by Crippen LogP contribution is -1.98. The summed E-state index contributed by atoms with van der Waals surface area (Å²) in [5.41, 5.74) is 5.41. The van der Waals surface area contributed by atoms with Gasteiger partial charge in [-0.2, -0.15) is 10.2 Å². The molecule has 0 saturated carbocycles. The Morgan fingerprint density at radius 2 is 1.05 bits per heavy atom. The molecule has 6 heteroatoms. The van der Waals surface area contributed by atoms with Crippen LogP contribution in [0.15, 0.2) is 130 Å². The van der Waals surface area contributed by atoms with Gasteiger partial charge < -0.3 is 9.47 Å². The number of hydrogen-bond acceptors (Lipinski definition) is 6. The maximum Gasteiger partial charge on any atom is 0.119 e. The molecule has 218 valence electrons. The Labute approximate surface area is 254 Å². The van der Waals surface area contributed by atoms with Gasteiger partial charge in [0.05, 0.1) is 29.4 Å². The van der Waals surface area contributed by atoms with E-state index in [0.29, 0.717) is 6.61 Å². The highest BCUT2D eigenvalue weighted by molar-refractivity contribution is 5.99. The molecule has 0 amide bonds. The summed E-state index contributed by atoms with van der Waals surface area (Å²) in [6.45, 7) is 5.54. The van der Waals surface area contributed by atoms with E-state index in [1.54, 1.807) is 0 Å². The van der Waals surface area contributed by atoms with Crippen molar-refractivity contribution >= 4 is 33.5 Å². The molecule has 0 aliphatic heterocycles. The first-order valence-corrected chi connectivity index (χ1v) is 15.0. The van der Waals surface area contributed by atoms with Crippen LogP contribution in [0.1, 0.15) is 50.2 Å². The van der Waals surface area contributed by atoms with Gasteiger partial charge in [0.2, 0.25) is 0 Å². The lowest BCUT2D eigenvalue weighted by molar-refractivity contribution is 0.300. The Hall–Kier alpha value is -4.84. The smallest absolute Gasteiger partial charge is 0.119 e. The zero-order valence-corrected chi connectivity index (χ0v) is 24.9. The fourth-order valence-corrected chi connectivity index (χ4v) is 4.63. The first kappa shape index (κ1) is 29.6. The number of ether oxygens (including phenoxy) is 2. The van der Waals surface area contributed by atoms with E-state index in [1.807, 2.05) is 97.1 Å². The van der Waals surface area contributed by atoms with Crippen LogP contribution in [0.5, 0.6) is 11.5 Å². The van der Waals surface area contributed by atoms with Gasteiger partial charge in [0.1, 0.15) is 18.1 Å². The maximum absolute atomic E-state index is 5.98. The van der Waals surface area contributed by atoms with E-state index in [4.69, 9.17) is 9.47 Å². The predicted octanol–water partition coefficient (Wildman–Crippen LogP) is 11.9. The van der Waals surface area contributed by atoms with E-state index in [0.717, 1.165) is 63.6 Å². The number of fused-ring (bicyclic) bond motifs is 1. The van der Waals surface area contributed by atoms with Crippen molar-refractivity contribution in [1.29, 1.82) is 0 Å². The molecule has 0 aliphatic carbocycles. The van der Waals surface area contributed by atoms with Crippen molar-refractivity contribution in [3.63, 3.8) is 0 Å². The van der Waals surface area contributed by atoms with Crippen LogP contribution in [0, 0.1) is 6.92 Å². The van der Waals surface area contributed by atoms with E-state index < -0.39 is 0 Å². The number of hydrogen-bond donors (Lipinski definition) is 0. The highest BCUT2D eigenvalue weighted by Gasteiger charge is 2.06. The number of benzene rings is 5. The van der Waals surface area contributed by atoms with Crippen molar-refractivity contribution in [3.8, 4) is 11.5 Å². The molecular formula is C37H38N4O2. The lowest BCUT2D eigenvalue weighted by Gasteiger charge is -2.09. The van der Waals surface area contributed by atoms with Gasteiger partial charge in [-0.05, 0) is 79.6 Å². The van der Waals surface area contributed by atoms with Crippen LogP contribution in [0.3, 0.4) is 0 Å². The van der Waals surface area contributed by atoms with Gasteiger partial charge in [0.25, 0.3) is 0 Å². The summed E-state index contributed by atoms with van der Waals surface area (Å²) >= 11 is 0. The topological polar surface area (TPSA) is 67.9 Å². The molecule has 0 N–H and O–H groups in total. The van der Waals surface area contributed by atoms with Crippen LogP contribution >= 0.6 is 0 Å². The normalized spacial score (nSPS) is 11.5. The largest absolute Gasteiger partial charge is 0.494 e. The van der Waals surface area contributed by atoms with E-state index in [2.05, 4.69) is 46.4 Å². The number of nitrogens with zero attached hydrogens (tertiary/aromatic N) is 4. The summed E-state index contributed by atoms with van der Waals surface area (Å²) in [7, 11) is 0. The molecule has 0 aliphatic rings. The van der Waals surface area contributed by atoms with E-state index in [1.165, 1.54) is 31.2 Å². The minimum absolute atomic E-state index is 0.484. The Kier molecular flexibility index (Phi) is 10.6. The second-order valence-corrected chi connectivity index (χ2v) is 10.6. The van der Waals surface area contributed by atoms with Gasteiger partial charge in [-0.1, -0.05) is 86.7 Å². The highest BCUT2D eigenvalue weighted by atomic mass is 16.5. The first-order chi connectivity index (χ1) is 21.2. The van der Waals surface area contributed by atoms with Crippen molar-refractivity contribution < 1.29 is 9.47 Å². The Bertz CT molecular complexity index is 1640. The maximum atomic E-state index is 5.98. The lowest BCUT2D eigenvalue weighted by atomic mass is 10.1. The molecule has 0 atom stereocenters. The fourth-order valence-electron chi connectivity index (χ4n) is 4.63. The van der Waals surface area contributed by atoms with Gasteiger partial charge in [-0.15, -0.1) is 10.2 Å². The molecule has 0 saturated heterocycles. The first-order valence-electron chi connectivity index (χ1n) is 15.0. The quantitative estimate of drug-likeness (QED) is 0.0984.